The molecule has 0 spiro atoms. The van der Waals surface area contributed by atoms with Crippen LogP contribution >= 0.6 is 0 Å². The van der Waals surface area contributed by atoms with Gasteiger partial charge in [-0.25, -0.2) is 0 Å². The van der Waals surface area contributed by atoms with Crippen molar-refractivity contribution >= 4 is 17.9 Å². The second-order valence-electron chi connectivity index (χ2n) is 23.4. The highest BCUT2D eigenvalue weighted by Gasteiger charge is 2.19. The summed E-state index contributed by atoms with van der Waals surface area (Å²) in [4.78, 5) is 38.0. The first kappa shape index (κ1) is 76.1. The summed E-state index contributed by atoms with van der Waals surface area (Å²) in [5, 5.41) is 0. The number of ether oxygens (including phenoxy) is 3. The fourth-order valence-electron chi connectivity index (χ4n) is 10.3. The molecular weight excluding hydrogens is 973 g/mol. The highest BCUT2D eigenvalue weighted by atomic mass is 16.6. The molecule has 6 nitrogen and oxygen atoms in total. The Balaban J connectivity index is 3.89. The van der Waals surface area contributed by atoms with Gasteiger partial charge < -0.3 is 14.2 Å². The molecule has 460 valence electrons. The average Bonchev–Trinajstić information content (AvgIpc) is 3.45. The molecule has 0 radical (unpaired) electrons. The minimum atomic E-state index is -0.774. The van der Waals surface area contributed by atoms with Gasteiger partial charge in [0.15, 0.2) is 6.10 Å². The van der Waals surface area contributed by atoms with Crippen LogP contribution < -0.4 is 0 Å². The number of allylic oxidation sites excluding steroid dienone is 10. The van der Waals surface area contributed by atoms with E-state index in [1.165, 1.54) is 231 Å². The molecule has 79 heavy (non-hydrogen) atoms. The normalized spacial score (nSPS) is 12.4. The van der Waals surface area contributed by atoms with Crippen molar-refractivity contribution in [3.63, 3.8) is 0 Å². The predicted octanol–water partition coefficient (Wildman–Crippen LogP) is 23.9. The quantitative estimate of drug-likeness (QED) is 0.0261. The Morgan fingerprint density at radius 1 is 0.266 bits per heavy atom. The minimum Gasteiger partial charge on any atom is -0.462 e. The van der Waals surface area contributed by atoms with Gasteiger partial charge in [0.2, 0.25) is 0 Å². The molecular formula is C73H132O6. The fraction of sp³-hybridized carbons (Fsp3) is 0.822. The summed E-state index contributed by atoms with van der Waals surface area (Å²) in [6, 6.07) is 0. The molecule has 0 amide bonds. The highest BCUT2D eigenvalue weighted by molar-refractivity contribution is 5.71. The van der Waals surface area contributed by atoms with E-state index in [-0.39, 0.29) is 31.1 Å². The molecule has 0 rings (SSSR count). The van der Waals surface area contributed by atoms with Gasteiger partial charge in [0, 0.05) is 19.3 Å². The number of unbranched alkanes of at least 4 members (excludes halogenated alkanes) is 43. The van der Waals surface area contributed by atoms with E-state index in [9.17, 15) is 14.4 Å². The summed E-state index contributed by atoms with van der Waals surface area (Å²) >= 11 is 0. The Hall–Kier alpha value is -2.89. The monoisotopic (exact) mass is 1110 g/mol. The van der Waals surface area contributed by atoms with E-state index in [0.29, 0.717) is 19.3 Å². The van der Waals surface area contributed by atoms with Crippen LogP contribution in [0.2, 0.25) is 0 Å². The number of rotatable bonds is 64. The number of carbonyl (C=O) groups is 3. The summed E-state index contributed by atoms with van der Waals surface area (Å²) < 4.78 is 16.8. The average molecular weight is 1110 g/mol. The molecule has 0 aromatic heterocycles. The molecule has 0 aliphatic rings. The fourth-order valence-corrected chi connectivity index (χ4v) is 10.3. The van der Waals surface area contributed by atoms with Crippen molar-refractivity contribution in [3.8, 4) is 0 Å². The van der Waals surface area contributed by atoms with Gasteiger partial charge in [-0.15, -0.1) is 0 Å². The van der Waals surface area contributed by atoms with Crippen molar-refractivity contribution < 1.29 is 28.6 Å². The standard InChI is InChI=1S/C73H132O6/c1-4-7-10-13-15-17-19-21-23-25-27-29-30-31-32-33-34-35-36-37-38-39-40-41-42-44-45-47-49-51-53-55-57-60-63-66-72(75)78-69-70(68-77-71(74)65-62-59-12-9-6-3)79-73(76)67-64-61-58-56-54-52-50-48-46-43-28-26-24-22-20-18-16-14-11-8-5-2/h8,11,16,18,22,24-25,27-28,43,70H,4-7,9-10,12-15,17,19-21,23,26,29-42,44-69H2,1-3H3/b11-8-,18-16-,24-22-,27-25-,43-28-. The van der Waals surface area contributed by atoms with E-state index in [1.54, 1.807) is 0 Å². The first-order valence-corrected chi connectivity index (χ1v) is 34.8. The lowest BCUT2D eigenvalue weighted by molar-refractivity contribution is -0.167. The molecule has 0 saturated carbocycles. The van der Waals surface area contributed by atoms with Crippen molar-refractivity contribution in [1.82, 2.24) is 0 Å². The maximum Gasteiger partial charge on any atom is 0.306 e. The Morgan fingerprint density at radius 2 is 0.494 bits per heavy atom. The molecule has 0 N–H and O–H groups in total. The summed E-state index contributed by atoms with van der Waals surface area (Å²) in [6.45, 7) is 6.48. The van der Waals surface area contributed by atoms with Crippen molar-refractivity contribution in [3.05, 3.63) is 60.8 Å². The first-order valence-electron chi connectivity index (χ1n) is 34.8. The third-order valence-electron chi connectivity index (χ3n) is 15.5. The number of esters is 3. The Labute approximate surface area is 491 Å². The zero-order chi connectivity index (χ0) is 57.1. The summed E-state index contributed by atoms with van der Waals surface area (Å²) in [7, 11) is 0. The molecule has 0 aromatic rings. The van der Waals surface area contributed by atoms with Gasteiger partial charge in [0.1, 0.15) is 13.2 Å². The number of hydrogen-bond acceptors (Lipinski definition) is 6. The number of hydrogen-bond donors (Lipinski definition) is 0. The van der Waals surface area contributed by atoms with E-state index in [0.717, 1.165) is 96.3 Å². The lowest BCUT2D eigenvalue weighted by Gasteiger charge is -2.18. The number of carbonyl (C=O) groups excluding carboxylic acids is 3. The van der Waals surface area contributed by atoms with Crippen LogP contribution in [-0.4, -0.2) is 37.2 Å². The van der Waals surface area contributed by atoms with Gasteiger partial charge in [0.05, 0.1) is 0 Å². The molecule has 6 heteroatoms. The molecule has 1 atom stereocenters. The second kappa shape index (κ2) is 67.6. The smallest absolute Gasteiger partial charge is 0.306 e. The zero-order valence-electron chi connectivity index (χ0n) is 52.9. The van der Waals surface area contributed by atoms with Crippen LogP contribution in [0.4, 0.5) is 0 Å². The summed E-state index contributed by atoms with van der Waals surface area (Å²) in [5.41, 5.74) is 0. The molecule has 1 unspecified atom stereocenters. The van der Waals surface area contributed by atoms with E-state index >= 15 is 0 Å². The topological polar surface area (TPSA) is 78.9 Å². The van der Waals surface area contributed by atoms with E-state index < -0.39 is 6.10 Å². The summed E-state index contributed by atoms with van der Waals surface area (Å²) in [6.07, 6.45) is 87.5. The predicted molar refractivity (Wildman–Crippen MR) is 344 cm³/mol. The molecule has 0 aromatic carbocycles. The van der Waals surface area contributed by atoms with E-state index in [2.05, 4.69) is 81.5 Å². The van der Waals surface area contributed by atoms with Gasteiger partial charge in [-0.2, -0.15) is 0 Å². The first-order chi connectivity index (χ1) is 39.0. The van der Waals surface area contributed by atoms with Crippen molar-refractivity contribution in [2.75, 3.05) is 13.2 Å². The lowest BCUT2D eigenvalue weighted by atomic mass is 10.0. The Morgan fingerprint density at radius 3 is 0.785 bits per heavy atom. The third kappa shape index (κ3) is 65.8. The highest BCUT2D eigenvalue weighted by Crippen LogP contribution is 2.18. The molecule has 0 heterocycles. The lowest BCUT2D eigenvalue weighted by Crippen LogP contribution is -2.30. The van der Waals surface area contributed by atoms with Crippen molar-refractivity contribution in [1.29, 1.82) is 0 Å². The molecule has 0 aliphatic heterocycles. The van der Waals surface area contributed by atoms with Crippen molar-refractivity contribution in [2.24, 2.45) is 0 Å². The second-order valence-corrected chi connectivity index (χ2v) is 23.4. The SMILES string of the molecule is CC/C=C\C/C=C\C/C=C\C/C=C\CCCCCCCCCCC(=O)OC(COC(=O)CCCCCCC)COC(=O)CCCCCCCCCCCCCCCCCCCCCCCCC/C=C\CCCCCCCCCC. The summed E-state index contributed by atoms with van der Waals surface area (Å²) in [5.74, 6) is -0.879. The van der Waals surface area contributed by atoms with Gasteiger partial charge >= 0.3 is 17.9 Å². The third-order valence-corrected chi connectivity index (χ3v) is 15.5. The minimum absolute atomic E-state index is 0.0742. The van der Waals surface area contributed by atoms with Crippen molar-refractivity contribution in [2.45, 2.75) is 374 Å². The van der Waals surface area contributed by atoms with Crippen LogP contribution in [0.5, 0.6) is 0 Å². The van der Waals surface area contributed by atoms with Crippen LogP contribution in [0, 0.1) is 0 Å². The van der Waals surface area contributed by atoms with Crippen LogP contribution in [0.15, 0.2) is 60.8 Å². The van der Waals surface area contributed by atoms with E-state index in [4.69, 9.17) is 14.2 Å². The van der Waals surface area contributed by atoms with Gasteiger partial charge in [0.25, 0.3) is 0 Å². The molecule has 0 bridgehead atoms. The van der Waals surface area contributed by atoms with Crippen LogP contribution in [0.25, 0.3) is 0 Å². The van der Waals surface area contributed by atoms with Crippen LogP contribution in [-0.2, 0) is 28.6 Å². The van der Waals surface area contributed by atoms with Gasteiger partial charge in [-0.3, -0.25) is 14.4 Å². The van der Waals surface area contributed by atoms with Crippen LogP contribution in [0.1, 0.15) is 367 Å². The molecule has 0 aliphatic carbocycles. The molecule has 0 saturated heterocycles. The van der Waals surface area contributed by atoms with E-state index in [1.807, 2.05) is 0 Å². The maximum absolute atomic E-state index is 12.8. The largest absolute Gasteiger partial charge is 0.462 e. The Kier molecular flexibility index (Phi) is 65.1. The van der Waals surface area contributed by atoms with Gasteiger partial charge in [-0.1, -0.05) is 326 Å². The Bertz CT molecular complexity index is 1410. The van der Waals surface area contributed by atoms with Gasteiger partial charge in [-0.05, 0) is 83.5 Å². The molecule has 0 fully saturated rings. The van der Waals surface area contributed by atoms with Crippen LogP contribution in [0.3, 0.4) is 0 Å². The maximum atomic E-state index is 12.8. The zero-order valence-corrected chi connectivity index (χ0v) is 52.9.